The molecule has 2 amide bonds. The Balaban J connectivity index is -0.000000177. The number of halogens is 2. The molecule has 0 spiro atoms. The van der Waals surface area contributed by atoms with Gasteiger partial charge in [0.25, 0.3) is 0 Å². The van der Waals surface area contributed by atoms with Crippen LogP contribution in [0.1, 0.15) is 116 Å². The van der Waals surface area contributed by atoms with Crippen molar-refractivity contribution >= 4 is 18.0 Å². The summed E-state index contributed by atoms with van der Waals surface area (Å²) in [6, 6.07) is 9.38. The van der Waals surface area contributed by atoms with Crippen LogP contribution in [0, 0.1) is 5.92 Å². The van der Waals surface area contributed by atoms with E-state index in [1.807, 2.05) is 109 Å². The van der Waals surface area contributed by atoms with E-state index < -0.39 is 18.5 Å². The second-order valence-corrected chi connectivity index (χ2v) is 11.2. The first-order valence-corrected chi connectivity index (χ1v) is 15.9. The van der Waals surface area contributed by atoms with Gasteiger partial charge >= 0.3 is 0 Å². The number of carbonyl (C=O) groups excluding carboxylic acids is 2. The zero-order valence-corrected chi connectivity index (χ0v) is 31.5. The SMILES string of the molecule is C/C(F)=C\CF.C/C=C\N(/N=C/C(C)C)C(C)(C)C.C=CC.CC.CC.CNC(=O)[C@H](C)NC(=O)CC(C)(C)c1ccccc1. The van der Waals surface area contributed by atoms with Gasteiger partial charge in [-0.15, -0.1) is 6.58 Å². The average molecular weight is 639 g/mol. The van der Waals surface area contributed by atoms with Crippen molar-refractivity contribution in [2.75, 3.05) is 13.7 Å². The maximum absolute atomic E-state index is 12.0. The third-order valence-corrected chi connectivity index (χ3v) is 5.00. The lowest BCUT2D eigenvalue weighted by Gasteiger charge is -2.29. The molecule has 1 aromatic carbocycles. The second kappa shape index (κ2) is 32.1. The largest absolute Gasteiger partial charge is 0.357 e. The Morgan fingerprint density at radius 3 is 1.78 bits per heavy atom. The molecule has 0 saturated heterocycles. The summed E-state index contributed by atoms with van der Waals surface area (Å²) in [4.78, 5) is 23.3. The second-order valence-electron chi connectivity index (χ2n) is 11.2. The molecule has 0 fully saturated rings. The monoisotopic (exact) mass is 639 g/mol. The molecule has 0 bridgehead atoms. The number of benzene rings is 1. The fourth-order valence-corrected chi connectivity index (χ4v) is 2.86. The molecule has 0 aliphatic heterocycles. The van der Waals surface area contributed by atoms with Gasteiger partial charge < -0.3 is 10.6 Å². The summed E-state index contributed by atoms with van der Waals surface area (Å²) in [6.07, 6.45) is 8.94. The fourth-order valence-electron chi connectivity index (χ4n) is 2.86. The molecule has 45 heavy (non-hydrogen) atoms. The number of hydrazone groups is 1. The van der Waals surface area contributed by atoms with Gasteiger partial charge in [0.2, 0.25) is 11.8 Å². The molecule has 8 heteroatoms. The van der Waals surface area contributed by atoms with Crippen molar-refractivity contribution in [2.24, 2.45) is 11.0 Å². The van der Waals surface area contributed by atoms with Gasteiger partial charge in [-0.25, -0.2) is 8.78 Å². The maximum atomic E-state index is 12.0. The van der Waals surface area contributed by atoms with E-state index in [0.717, 1.165) is 11.6 Å². The molecule has 0 aliphatic rings. The number of likely N-dealkylation sites (N-methyl/N-ethyl adjacent to an activating group) is 1. The minimum Gasteiger partial charge on any atom is -0.357 e. The van der Waals surface area contributed by atoms with E-state index >= 15 is 0 Å². The van der Waals surface area contributed by atoms with Crippen LogP contribution in [0.4, 0.5) is 8.78 Å². The van der Waals surface area contributed by atoms with Gasteiger partial charge in [0, 0.05) is 25.9 Å². The van der Waals surface area contributed by atoms with Crippen molar-refractivity contribution in [1.82, 2.24) is 15.6 Å². The smallest absolute Gasteiger partial charge is 0.242 e. The van der Waals surface area contributed by atoms with Crippen molar-refractivity contribution in [3.05, 3.63) is 72.7 Å². The summed E-state index contributed by atoms with van der Waals surface area (Å²) in [5.74, 6) is -0.275. The summed E-state index contributed by atoms with van der Waals surface area (Å²) >= 11 is 0. The number of alkyl halides is 1. The van der Waals surface area contributed by atoms with Gasteiger partial charge in [-0.1, -0.05) is 97.9 Å². The molecular formula is C37H68F2N4O2. The van der Waals surface area contributed by atoms with Crippen molar-refractivity contribution in [1.29, 1.82) is 0 Å². The number of rotatable bonds is 9. The summed E-state index contributed by atoms with van der Waals surface area (Å²) in [6.45, 7) is 32.1. The van der Waals surface area contributed by atoms with E-state index in [4.69, 9.17) is 0 Å². The Morgan fingerprint density at radius 1 is 1.00 bits per heavy atom. The van der Waals surface area contributed by atoms with E-state index in [2.05, 4.69) is 56.9 Å². The van der Waals surface area contributed by atoms with Gasteiger partial charge in [-0.2, -0.15) is 5.10 Å². The molecule has 0 heterocycles. The summed E-state index contributed by atoms with van der Waals surface area (Å²) in [5, 5.41) is 11.6. The van der Waals surface area contributed by atoms with Crippen LogP contribution in [-0.4, -0.2) is 48.3 Å². The number of amides is 2. The highest BCUT2D eigenvalue weighted by molar-refractivity contribution is 5.87. The molecule has 1 rings (SSSR count). The Labute approximate surface area is 276 Å². The van der Waals surface area contributed by atoms with Gasteiger partial charge in [0.05, 0.1) is 11.4 Å². The number of nitrogens with zero attached hydrogens (tertiary/aromatic N) is 2. The van der Waals surface area contributed by atoms with Crippen LogP contribution in [0.5, 0.6) is 0 Å². The van der Waals surface area contributed by atoms with Crippen LogP contribution in [0.25, 0.3) is 0 Å². The van der Waals surface area contributed by atoms with Gasteiger partial charge in [0.1, 0.15) is 12.7 Å². The van der Waals surface area contributed by atoms with Crippen LogP contribution in [0.2, 0.25) is 0 Å². The van der Waals surface area contributed by atoms with Gasteiger partial charge in [-0.3, -0.25) is 14.6 Å². The highest BCUT2D eigenvalue weighted by Crippen LogP contribution is 2.26. The number of hydrogen-bond donors (Lipinski definition) is 2. The Kier molecular flexibility index (Phi) is 36.6. The molecule has 1 atom stereocenters. The van der Waals surface area contributed by atoms with Crippen LogP contribution >= 0.6 is 0 Å². The van der Waals surface area contributed by atoms with Crippen molar-refractivity contribution in [3.63, 3.8) is 0 Å². The normalized spacial score (nSPS) is 11.4. The maximum Gasteiger partial charge on any atom is 0.242 e. The predicted molar refractivity (Wildman–Crippen MR) is 195 cm³/mol. The zero-order chi connectivity index (χ0) is 36.6. The molecule has 0 radical (unpaired) electrons. The summed E-state index contributed by atoms with van der Waals surface area (Å²) in [7, 11) is 1.55. The summed E-state index contributed by atoms with van der Waals surface area (Å²) in [5.41, 5.74) is 0.906. The third-order valence-electron chi connectivity index (χ3n) is 5.00. The van der Waals surface area contributed by atoms with E-state index in [-0.39, 0.29) is 22.8 Å². The Hall–Kier alpha value is -3.29. The highest BCUT2D eigenvalue weighted by atomic mass is 19.1. The van der Waals surface area contributed by atoms with Crippen LogP contribution in [-0.2, 0) is 15.0 Å². The molecule has 6 nitrogen and oxygen atoms in total. The van der Waals surface area contributed by atoms with Crippen LogP contribution < -0.4 is 10.6 Å². The van der Waals surface area contributed by atoms with E-state index in [0.29, 0.717) is 12.3 Å². The quantitative estimate of drug-likeness (QED) is 0.161. The van der Waals surface area contributed by atoms with Crippen molar-refractivity contribution in [2.45, 2.75) is 127 Å². The number of hydrogen-bond acceptors (Lipinski definition) is 4. The topological polar surface area (TPSA) is 73.8 Å². The third kappa shape index (κ3) is 33.4. The Bertz CT molecular complexity index is 931. The standard InChI is InChI=1S/C15H22N2O2.C11H22N2.C4H6F2.C3H6.2C2H6/c1-11(14(19)16-4)17-13(18)10-15(2,3)12-8-6-5-7-9-12;1-7-8-13(11(4,5)6)12-9-10(2)3;1-4(6)2-3-5;1-3-2;2*1-2/h5-9,11H,10H2,1-4H3,(H,16,19)(H,17,18);7-10H,1-6H3;2H,3H2,1H3;3H,1H2,2H3;2*1-2H3/b;8-7-,12-9+;4-2+;;;/t11-;;;;;/m0...../s1. The molecule has 2 N–H and O–H groups in total. The molecule has 0 aromatic heterocycles. The van der Waals surface area contributed by atoms with Crippen LogP contribution in [0.15, 0.2) is 72.3 Å². The average Bonchev–Trinajstić information content (AvgIpc) is 2.97. The first-order valence-electron chi connectivity index (χ1n) is 15.9. The predicted octanol–water partition coefficient (Wildman–Crippen LogP) is 9.94. The van der Waals surface area contributed by atoms with Crippen molar-refractivity contribution < 1.29 is 18.4 Å². The van der Waals surface area contributed by atoms with E-state index in [9.17, 15) is 18.4 Å². The minimum atomic E-state index is -0.706. The molecular weight excluding hydrogens is 570 g/mol. The molecule has 0 saturated carbocycles. The fraction of sp³-hybridized carbons (Fsp3) is 0.595. The van der Waals surface area contributed by atoms with E-state index in [1.54, 1.807) is 20.0 Å². The minimum absolute atomic E-state index is 0.0535. The first kappa shape index (κ1) is 51.3. The first-order chi connectivity index (χ1) is 20.9. The lowest BCUT2D eigenvalue weighted by atomic mass is 9.81. The van der Waals surface area contributed by atoms with Crippen LogP contribution in [0.3, 0.4) is 0 Å². The number of allylic oxidation sites excluding steroid dienone is 4. The molecule has 0 aliphatic carbocycles. The number of carbonyl (C=O) groups is 2. The number of nitrogens with one attached hydrogen (secondary N) is 2. The molecule has 1 aromatic rings. The van der Waals surface area contributed by atoms with Gasteiger partial charge in [-0.05, 0) is 71.4 Å². The van der Waals surface area contributed by atoms with E-state index in [1.165, 1.54) is 6.92 Å². The Morgan fingerprint density at radius 2 is 1.47 bits per heavy atom. The van der Waals surface area contributed by atoms with Gasteiger partial charge in [0.15, 0.2) is 0 Å². The van der Waals surface area contributed by atoms with Crippen molar-refractivity contribution in [3.8, 4) is 0 Å². The lowest BCUT2D eigenvalue weighted by molar-refractivity contribution is -0.128. The zero-order valence-electron chi connectivity index (χ0n) is 31.5. The lowest BCUT2D eigenvalue weighted by Crippen LogP contribution is -2.45. The highest BCUT2D eigenvalue weighted by Gasteiger charge is 2.25. The molecule has 0 unspecified atom stereocenters. The molecule has 262 valence electrons. The summed E-state index contributed by atoms with van der Waals surface area (Å²) < 4.78 is 22.3.